The van der Waals surface area contributed by atoms with Gasteiger partial charge in [0.05, 0.1) is 6.61 Å². The first-order valence-electron chi connectivity index (χ1n) is 15.9. The molecule has 0 amide bonds. The van der Waals surface area contributed by atoms with Gasteiger partial charge in [-0.1, -0.05) is 162 Å². The number of esters is 1. The first-order chi connectivity index (χ1) is 16.7. The maximum atomic E-state index is 12.2. The van der Waals surface area contributed by atoms with Gasteiger partial charge in [0, 0.05) is 6.42 Å². The van der Waals surface area contributed by atoms with E-state index in [9.17, 15) is 4.79 Å². The van der Waals surface area contributed by atoms with E-state index >= 15 is 0 Å². The minimum Gasteiger partial charge on any atom is -0.465 e. The van der Waals surface area contributed by atoms with Gasteiger partial charge in [-0.25, -0.2) is 0 Å². The molecule has 0 N–H and O–H groups in total. The Kier molecular flexibility index (Phi) is 28.3. The van der Waals surface area contributed by atoms with Crippen LogP contribution in [-0.4, -0.2) is 12.6 Å². The average Bonchev–Trinajstić information content (AvgIpc) is 2.84. The summed E-state index contributed by atoms with van der Waals surface area (Å²) in [4.78, 5) is 12.2. The quantitative estimate of drug-likeness (QED) is 0.0821. The molecule has 0 aromatic carbocycles. The molecule has 1 atom stereocenters. The molecule has 0 saturated heterocycles. The lowest BCUT2D eigenvalue weighted by molar-refractivity contribution is -0.145. The summed E-state index contributed by atoms with van der Waals surface area (Å²) >= 11 is 0. The highest BCUT2D eigenvalue weighted by atomic mass is 16.5. The van der Waals surface area contributed by atoms with Gasteiger partial charge in [-0.2, -0.15) is 0 Å². The van der Waals surface area contributed by atoms with Crippen LogP contribution in [0.25, 0.3) is 0 Å². The Balaban J connectivity index is 3.75. The van der Waals surface area contributed by atoms with Gasteiger partial charge in [-0.05, 0) is 25.2 Å². The summed E-state index contributed by atoms with van der Waals surface area (Å²) < 4.78 is 5.71. The summed E-state index contributed by atoms with van der Waals surface area (Å²) in [6.07, 6.45) is 34.0. The first kappa shape index (κ1) is 33.5. The molecule has 0 aliphatic carbocycles. The molecule has 0 aromatic rings. The second-order valence-electron chi connectivity index (χ2n) is 10.9. The van der Waals surface area contributed by atoms with E-state index in [2.05, 4.69) is 20.8 Å². The number of carbonyl (C=O) groups excluding carboxylic acids is 1. The molecule has 34 heavy (non-hydrogen) atoms. The highest BCUT2D eigenvalue weighted by Crippen LogP contribution is 2.20. The van der Waals surface area contributed by atoms with Crippen molar-refractivity contribution in [2.45, 2.75) is 188 Å². The number of unbranched alkanes of at least 4 members (excludes halogenated alkanes) is 20. The van der Waals surface area contributed by atoms with Crippen LogP contribution in [0.2, 0.25) is 0 Å². The number of carbonyl (C=O) groups is 1. The topological polar surface area (TPSA) is 26.3 Å². The highest BCUT2D eigenvalue weighted by molar-refractivity contribution is 5.69. The van der Waals surface area contributed by atoms with E-state index in [0.29, 0.717) is 18.9 Å². The molecule has 0 aromatic heterocycles. The third-order valence-electron chi connectivity index (χ3n) is 7.40. The largest absolute Gasteiger partial charge is 0.465 e. The molecule has 2 heteroatoms. The molecule has 0 rings (SSSR count). The average molecular weight is 481 g/mol. The summed E-state index contributed by atoms with van der Waals surface area (Å²) in [6, 6.07) is 0. The normalized spacial score (nSPS) is 12.2. The summed E-state index contributed by atoms with van der Waals surface area (Å²) in [5, 5.41) is 0. The van der Waals surface area contributed by atoms with Crippen LogP contribution < -0.4 is 0 Å². The Hall–Kier alpha value is -0.530. The lowest BCUT2D eigenvalue weighted by Gasteiger charge is -2.17. The molecular weight excluding hydrogens is 416 g/mol. The van der Waals surface area contributed by atoms with Gasteiger partial charge >= 0.3 is 5.97 Å². The Bertz CT molecular complexity index is 392. The van der Waals surface area contributed by atoms with Crippen molar-refractivity contribution >= 4 is 5.97 Å². The highest BCUT2D eigenvalue weighted by Gasteiger charge is 2.12. The smallest absolute Gasteiger partial charge is 0.305 e. The zero-order chi connectivity index (χ0) is 25.0. The Morgan fingerprint density at radius 1 is 0.471 bits per heavy atom. The van der Waals surface area contributed by atoms with E-state index < -0.39 is 0 Å². The molecule has 1 unspecified atom stereocenters. The fraction of sp³-hybridized carbons (Fsp3) is 0.969. The van der Waals surface area contributed by atoms with Gasteiger partial charge in [0.1, 0.15) is 0 Å². The van der Waals surface area contributed by atoms with Crippen LogP contribution in [-0.2, 0) is 9.53 Å². The second kappa shape index (κ2) is 28.7. The number of ether oxygens (including phenoxy) is 1. The molecule has 0 radical (unpaired) electrons. The van der Waals surface area contributed by atoms with Crippen LogP contribution in [0.3, 0.4) is 0 Å². The van der Waals surface area contributed by atoms with Gasteiger partial charge in [0.15, 0.2) is 0 Å². The minimum atomic E-state index is 0.0427. The van der Waals surface area contributed by atoms with Gasteiger partial charge in [-0.3, -0.25) is 4.79 Å². The summed E-state index contributed by atoms with van der Waals surface area (Å²) in [6.45, 7) is 7.49. The number of hydrogen-bond acceptors (Lipinski definition) is 2. The Morgan fingerprint density at radius 2 is 0.794 bits per heavy atom. The van der Waals surface area contributed by atoms with E-state index in [1.54, 1.807) is 0 Å². The fourth-order valence-corrected chi connectivity index (χ4v) is 4.95. The van der Waals surface area contributed by atoms with Crippen molar-refractivity contribution in [3.8, 4) is 0 Å². The Labute approximate surface area is 215 Å². The first-order valence-corrected chi connectivity index (χ1v) is 15.9. The predicted octanol–water partition coefficient (Wildman–Crippen LogP) is 11.3. The second-order valence-corrected chi connectivity index (χ2v) is 10.9. The van der Waals surface area contributed by atoms with Crippen LogP contribution in [0, 0.1) is 5.92 Å². The molecule has 0 aliphatic rings. The lowest BCUT2D eigenvalue weighted by atomic mass is 9.95. The van der Waals surface area contributed by atoms with Gasteiger partial charge in [0.2, 0.25) is 0 Å². The van der Waals surface area contributed by atoms with Crippen molar-refractivity contribution < 1.29 is 9.53 Å². The van der Waals surface area contributed by atoms with Crippen molar-refractivity contribution in [1.82, 2.24) is 0 Å². The standard InChI is InChI=1S/C32H64O2/c1-4-7-10-12-14-16-17-18-19-20-22-25-28-31(27-24-9-6-3)30-34-32(33)29-26-23-21-15-13-11-8-5-2/h31H,4-30H2,1-3H3. The molecule has 204 valence electrons. The van der Waals surface area contributed by atoms with E-state index in [4.69, 9.17) is 4.74 Å². The zero-order valence-electron chi connectivity index (χ0n) is 24.0. The van der Waals surface area contributed by atoms with Gasteiger partial charge < -0.3 is 4.74 Å². The van der Waals surface area contributed by atoms with E-state index in [0.717, 1.165) is 6.42 Å². The molecular formula is C32H64O2. The molecule has 0 fully saturated rings. The molecule has 2 nitrogen and oxygen atoms in total. The molecule has 0 heterocycles. The monoisotopic (exact) mass is 480 g/mol. The van der Waals surface area contributed by atoms with E-state index in [1.165, 1.54) is 154 Å². The van der Waals surface area contributed by atoms with Crippen LogP contribution in [0.4, 0.5) is 0 Å². The van der Waals surface area contributed by atoms with Gasteiger partial charge in [-0.15, -0.1) is 0 Å². The molecule has 0 aliphatic heterocycles. The fourth-order valence-electron chi connectivity index (χ4n) is 4.95. The molecule has 0 bridgehead atoms. The van der Waals surface area contributed by atoms with Crippen LogP contribution >= 0.6 is 0 Å². The van der Waals surface area contributed by atoms with Crippen molar-refractivity contribution in [2.24, 2.45) is 5.92 Å². The number of rotatable bonds is 28. The van der Waals surface area contributed by atoms with Gasteiger partial charge in [0.25, 0.3) is 0 Å². The van der Waals surface area contributed by atoms with Crippen LogP contribution in [0.5, 0.6) is 0 Å². The summed E-state index contributed by atoms with van der Waals surface area (Å²) in [7, 11) is 0. The van der Waals surface area contributed by atoms with E-state index in [-0.39, 0.29) is 5.97 Å². The lowest BCUT2D eigenvalue weighted by Crippen LogP contribution is -2.14. The zero-order valence-corrected chi connectivity index (χ0v) is 24.0. The number of hydrogen-bond donors (Lipinski definition) is 0. The summed E-state index contributed by atoms with van der Waals surface area (Å²) in [5.74, 6) is 0.623. The SMILES string of the molecule is CCCCCCCCCCCCCCC(CCCCC)COC(=O)CCCCCCCCCC. The van der Waals surface area contributed by atoms with Crippen molar-refractivity contribution in [3.05, 3.63) is 0 Å². The molecule has 0 spiro atoms. The van der Waals surface area contributed by atoms with Crippen LogP contribution in [0.15, 0.2) is 0 Å². The van der Waals surface area contributed by atoms with Crippen LogP contribution in [0.1, 0.15) is 188 Å². The Morgan fingerprint density at radius 3 is 1.24 bits per heavy atom. The maximum Gasteiger partial charge on any atom is 0.305 e. The minimum absolute atomic E-state index is 0.0427. The van der Waals surface area contributed by atoms with E-state index in [1.807, 2.05) is 0 Å². The molecule has 0 saturated carbocycles. The third-order valence-corrected chi connectivity index (χ3v) is 7.40. The van der Waals surface area contributed by atoms with Crippen molar-refractivity contribution in [3.63, 3.8) is 0 Å². The van der Waals surface area contributed by atoms with Crippen molar-refractivity contribution in [2.75, 3.05) is 6.61 Å². The third kappa shape index (κ3) is 26.1. The maximum absolute atomic E-state index is 12.2. The summed E-state index contributed by atoms with van der Waals surface area (Å²) in [5.41, 5.74) is 0. The predicted molar refractivity (Wildman–Crippen MR) is 152 cm³/mol. The van der Waals surface area contributed by atoms with Crippen molar-refractivity contribution in [1.29, 1.82) is 0 Å².